The van der Waals surface area contributed by atoms with Gasteiger partial charge in [-0.3, -0.25) is 0 Å². The summed E-state index contributed by atoms with van der Waals surface area (Å²) in [5.74, 6) is 1.87. The highest BCUT2D eigenvalue weighted by molar-refractivity contribution is 5.91. The summed E-state index contributed by atoms with van der Waals surface area (Å²) < 4.78 is 1.88. The molecule has 7 rings (SSSR count). The van der Waals surface area contributed by atoms with Gasteiger partial charge in [0.05, 0.1) is 16.9 Å². The van der Waals surface area contributed by atoms with Gasteiger partial charge >= 0.3 is 0 Å². The first-order valence-corrected chi connectivity index (χ1v) is 15.3. The monoisotopic (exact) mass is 562 g/mol. The molecule has 3 aromatic heterocycles. The first-order valence-electron chi connectivity index (χ1n) is 15.3. The quantitative estimate of drug-likeness (QED) is 0.217. The standard InChI is InChI=1S/C21H15N5.C8H17N.C6H10O/c22-21-20-19(24-13-26(20)11-10-23-21)16-7-6-15-8-9-17(25-18(15)12-16)14-4-2-1-3-5-14;1-9-7-8-5-3-2-4-6-8;7-5-6-3-1-2-4-6/h1-13H,(H2,22,23);8-9H,2-7H2,1H3;5-6H,1-4H2. The largest absolute Gasteiger partial charge is 0.382 e. The highest BCUT2D eigenvalue weighted by atomic mass is 16.1. The van der Waals surface area contributed by atoms with Gasteiger partial charge in [-0.25, -0.2) is 15.0 Å². The molecule has 7 nitrogen and oxygen atoms in total. The number of pyridine rings is 1. The Morgan fingerprint density at radius 1 is 0.905 bits per heavy atom. The van der Waals surface area contributed by atoms with E-state index < -0.39 is 0 Å². The second-order valence-electron chi connectivity index (χ2n) is 11.4. The summed E-state index contributed by atoms with van der Waals surface area (Å²) in [4.78, 5) is 23.6. The van der Waals surface area contributed by atoms with E-state index >= 15 is 0 Å². The summed E-state index contributed by atoms with van der Waals surface area (Å²) in [5.41, 5.74) is 11.6. The van der Waals surface area contributed by atoms with Crippen molar-refractivity contribution in [2.24, 2.45) is 11.8 Å². The lowest BCUT2D eigenvalue weighted by Gasteiger charge is -2.20. The van der Waals surface area contributed by atoms with E-state index in [0.717, 1.165) is 64.0 Å². The second kappa shape index (κ2) is 14.7. The maximum atomic E-state index is 10.0. The molecule has 0 spiro atoms. The maximum absolute atomic E-state index is 10.0. The Morgan fingerprint density at radius 2 is 1.64 bits per heavy atom. The minimum atomic E-state index is 0.417. The Morgan fingerprint density at radius 3 is 2.36 bits per heavy atom. The van der Waals surface area contributed by atoms with Crippen molar-refractivity contribution in [2.45, 2.75) is 57.8 Å². The van der Waals surface area contributed by atoms with Crippen LogP contribution < -0.4 is 11.1 Å². The lowest BCUT2D eigenvalue weighted by atomic mass is 9.89. The molecule has 218 valence electrons. The van der Waals surface area contributed by atoms with Gasteiger partial charge in [0, 0.05) is 34.8 Å². The van der Waals surface area contributed by atoms with E-state index in [1.165, 1.54) is 51.5 Å². The minimum Gasteiger partial charge on any atom is -0.382 e. The number of hydrogen-bond acceptors (Lipinski definition) is 6. The van der Waals surface area contributed by atoms with E-state index in [4.69, 9.17) is 10.7 Å². The number of anilines is 1. The molecule has 2 fully saturated rings. The molecule has 42 heavy (non-hydrogen) atoms. The number of rotatable bonds is 5. The first-order chi connectivity index (χ1) is 20.7. The van der Waals surface area contributed by atoms with Crippen molar-refractivity contribution < 1.29 is 4.79 Å². The zero-order valence-electron chi connectivity index (χ0n) is 24.6. The molecule has 0 saturated heterocycles. The minimum absolute atomic E-state index is 0.417. The number of aldehydes is 1. The summed E-state index contributed by atoms with van der Waals surface area (Å²) in [7, 11) is 2.05. The molecular formula is C35H42N6O. The number of nitrogen functional groups attached to an aromatic ring is 1. The Bertz CT molecular complexity index is 1570. The fourth-order valence-electron chi connectivity index (χ4n) is 5.99. The molecule has 7 heteroatoms. The third-order valence-corrected chi connectivity index (χ3v) is 8.32. The molecule has 2 aliphatic rings. The van der Waals surface area contributed by atoms with Crippen molar-refractivity contribution in [1.29, 1.82) is 0 Å². The fourth-order valence-corrected chi connectivity index (χ4v) is 5.99. The molecule has 3 heterocycles. The van der Waals surface area contributed by atoms with Crippen LogP contribution in [0.15, 0.2) is 79.4 Å². The lowest BCUT2D eigenvalue weighted by molar-refractivity contribution is -0.110. The molecule has 0 radical (unpaired) electrons. The van der Waals surface area contributed by atoms with E-state index in [-0.39, 0.29) is 0 Å². The van der Waals surface area contributed by atoms with E-state index in [1.807, 2.05) is 40.9 Å². The highest BCUT2D eigenvalue weighted by Crippen LogP contribution is 2.29. The van der Waals surface area contributed by atoms with Gasteiger partial charge in [0.15, 0.2) is 0 Å². The van der Waals surface area contributed by atoms with Gasteiger partial charge in [-0.05, 0) is 57.3 Å². The number of nitrogens with two attached hydrogens (primary N) is 1. The molecule has 0 amide bonds. The third-order valence-electron chi connectivity index (χ3n) is 8.32. The number of carbonyl (C=O) groups excluding carboxylic acids is 1. The van der Waals surface area contributed by atoms with Gasteiger partial charge in [-0.15, -0.1) is 0 Å². The van der Waals surface area contributed by atoms with E-state index in [2.05, 4.69) is 52.7 Å². The molecule has 2 aromatic carbocycles. The Balaban J connectivity index is 0.000000180. The van der Waals surface area contributed by atoms with Crippen molar-refractivity contribution in [3.63, 3.8) is 0 Å². The number of hydrogen-bond donors (Lipinski definition) is 2. The lowest BCUT2D eigenvalue weighted by Crippen LogP contribution is -2.20. The number of nitrogens with one attached hydrogen (secondary N) is 1. The molecule has 0 aliphatic heterocycles. The van der Waals surface area contributed by atoms with Gasteiger partial charge in [0.1, 0.15) is 23.9 Å². The van der Waals surface area contributed by atoms with Crippen molar-refractivity contribution >= 4 is 28.5 Å². The normalized spacial score (nSPS) is 15.5. The summed E-state index contributed by atoms with van der Waals surface area (Å²) in [6.45, 7) is 1.24. The average molecular weight is 563 g/mol. The van der Waals surface area contributed by atoms with Gasteiger partial charge < -0.3 is 20.2 Å². The van der Waals surface area contributed by atoms with Crippen LogP contribution in [0.1, 0.15) is 57.8 Å². The van der Waals surface area contributed by atoms with Crippen LogP contribution in [0.2, 0.25) is 0 Å². The third kappa shape index (κ3) is 7.39. The number of benzene rings is 2. The smallest absolute Gasteiger partial charge is 0.150 e. The SMILES string of the molecule is CNCC1CCCCC1.Nc1nccn2cnc(-c3ccc4ccc(-c5ccccc5)nc4c3)c12.O=CC1CCCC1. The topological polar surface area (TPSA) is 98.2 Å². The summed E-state index contributed by atoms with van der Waals surface area (Å²) >= 11 is 0. The molecule has 3 N–H and O–H groups in total. The van der Waals surface area contributed by atoms with Crippen LogP contribution in [0, 0.1) is 11.8 Å². The summed E-state index contributed by atoms with van der Waals surface area (Å²) in [6.07, 6.45) is 18.5. The van der Waals surface area contributed by atoms with Crippen molar-refractivity contribution in [3.05, 3.63) is 79.4 Å². The number of carbonyl (C=O) groups is 1. The molecule has 0 unspecified atom stereocenters. The first kappa shape index (κ1) is 29.4. The average Bonchev–Trinajstić information content (AvgIpc) is 3.74. The van der Waals surface area contributed by atoms with E-state index in [9.17, 15) is 4.79 Å². The summed E-state index contributed by atoms with van der Waals surface area (Å²) in [5, 5.41) is 4.32. The van der Waals surface area contributed by atoms with Crippen LogP contribution >= 0.6 is 0 Å². The number of fused-ring (bicyclic) bond motifs is 2. The summed E-state index contributed by atoms with van der Waals surface area (Å²) in [6, 6.07) is 20.5. The predicted molar refractivity (Wildman–Crippen MR) is 172 cm³/mol. The van der Waals surface area contributed by atoms with Gasteiger partial charge in [-0.1, -0.05) is 80.6 Å². The van der Waals surface area contributed by atoms with Gasteiger partial charge in [0.25, 0.3) is 0 Å². The molecular weight excluding hydrogens is 520 g/mol. The van der Waals surface area contributed by atoms with Crippen LogP contribution in [0.3, 0.4) is 0 Å². The van der Waals surface area contributed by atoms with Crippen LogP contribution in [0.5, 0.6) is 0 Å². The molecule has 5 aromatic rings. The van der Waals surface area contributed by atoms with Crippen LogP contribution in [-0.4, -0.2) is 39.2 Å². The molecule has 2 saturated carbocycles. The highest BCUT2D eigenvalue weighted by Gasteiger charge is 2.13. The second-order valence-corrected chi connectivity index (χ2v) is 11.4. The van der Waals surface area contributed by atoms with Crippen LogP contribution in [-0.2, 0) is 4.79 Å². The Labute approximate surface area is 248 Å². The Hall–Kier alpha value is -4.10. The van der Waals surface area contributed by atoms with E-state index in [1.54, 1.807) is 12.5 Å². The number of nitrogens with zero attached hydrogens (tertiary/aromatic N) is 4. The Kier molecular flexibility index (Phi) is 10.3. The fraction of sp³-hybridized carbons (Fsp3) is 0.371. The zero-order valence-corrected chi connectivity index (χ0v) is 24.6. The zero-order chi connectivity index (χ0) is 29.1. The molecule has 0 bridgehead atoms. The van der Waals surface area contributed by atoms with Gasteiger partial charge in [0.2, 0.25) is 0 Å². The van der Waals surface area contributed by atoms with Crippen molar-refractivity contribution in [3.8, 4) is 22.5 Å². The van der Waals surface area contributed by atoms with E-state index in [0.29, 0.717) is 11.7 Å². The van der Waals surface area contributed by atoms with Crippen LogP contribution in [0.25, 0.3) is 38.9 Å². The van der Waals surface area contributed by atoms with Crippen molar-refractivity contribution in [1.82, 2.24) is 24.7 Å². The number of imidazole rings is 1. The predicted octanol–water partition coefficient (Wildman–Crippen LogP) is 7.36. The van der Waals surface area contributed by atoms with Gasteiger partial charge in [-0.2, -0.15) is 0 Å². The van der Waals surface area contributed by atoms with Crippen LogP contribution in [0.4, 0.5) is 5.82 Å². The molecule has 0 atom stereocenters. The molecule has 2 aliphatic carbocycles. The number of aromatic nitrogens is 4. The van der Waals surface area contributed by atoms with Crippen molar-refractivity contribution in [2.75, 3.05) is 19.3 Å². The maximum Gasteiger partial charge on any atom is 0.150 e.